The third-order valence-corrected chi connectivity index (χ3v) is 2.30. The molecular formula is C9H15N3O. The molecule has 0 aliphatic carbocycles. The highest BCUT2D eigenvalue weighted by molar-refractivity contribution is 4.98. The molecule has 13 heavy (non-hydrogen) atoms. The molecule has 72 valence electrons. The van der Waals surface area contributed by atoms with E-state index in [9.17, 15) is 0 Å². The van der Waals surface area contributed by atoms with Crippen molar-refractivity contribution in [3.63, 3.8) is 0 Å². The van der Waals surface area contributed by atoms with Crippen LogP contribution in [0.15, 0.2) is 12.4 Å². The summed E-state index contributed by atoms with van der Waals surface area (Å²) in [7, 11) is 0. The predicted molar refractivity (Wildman–Crippen MR) is 49.5 cm³/mol. The Balaban J connectivity index is 2.13. The standard InChI is InChI=1S/C9H15N3O/c1-2-12-5-3-11-9(12)8-7-10-4-6-13-8/h3,5,8,10H,2,4,6-7H2,1H3. The molecule has 1 N–H and O–H groups in total. The van der Waals surface area contributed by atoms with Crippen LogP contribution in [-0.2, 0) is 11.3 Å². The van der Waals surface area contributed by atoms with Gasteiger partial charge in [-0.05, 0) is 6.92 Å². The fraction of sp³-hybridized carbons (Fsp3) is 0.667. The van der Waals surface area contributed by atoms with Crippen LogP contribution in [-0.4, -0.2) is 29.2 Å². The van der Waals surface area contributed by atoms with Crippen LogP contribution >= 0.6 is 0 Å². The summed E-state index contributed by atoms with van der Waals surface area (Å²) >= 11 is 0. The zero-order chi connectivity index (χ0) is 9.10. The number of ether oxygens (including phenoxy) is 1. The largest absolute Gasteiger partial charge is 0.368 e. The second-order valence-electron chi connectivity index (χ2n) is 3.14. The van der Waals surface area contributed by atoms with Gasteiger partial charge in [0.2, 0.25) is 0 Å². The van der Waals surface area contributed by atoms with Crippen molar-refractivity contribution in [1.82, 2.24) is 14.9 Å². The second-order valence-corrected chi connectivity index (χ2v) is 3.14. The maximum absolute atomic E-state index is 5.62. The van der Waals surface area contributed by atoms with Crippen LogP contribution in [0.25, 0.3) is 0 Å². The molecule has 0 radical (unpaired) electrons. The van der Waals surface area contributed by atoms with E-state index in [4.69, 9.17) is 4.74 Å². The van der Waals surface area contributed by atoms with E-state index in [1.807, 2.05) is 12.4 Å². The highest BCUT2D eigenvalue weighted by Gasteiger charge is 2.19. The maximum atomic E-state index is 5.62. The Morgan fingerprint density at radius 2 is 2.69 bits per heavy atom. The number of morpholine rings is 1. The smallest absolute Gasteiger partial charge is 0.139 e. The van der Waals surface area contributed by atoms with Crippen molar-refractivity contribution in [1.29, 1.82) is 0 Å². The zero-order valence-corrected chi connectivity index (χ0v) is 7.86. The van der Waals surface area contributed by atoms with Gasteiger partial charge in [0.25, 0.3) is 0 Å². The summed E-state index contributed by atoms with van der Waals surface area (Å²) in [6, 6.07) is 0. The average Bonchev–Trinajstić information content (AvgIpc) is 2.67. The minimum atomic E-state index is 0.128. The number of nitrogens with one attached hydrogen (secondary N) is 1. The van der Waals surface area contributed by atoms with E-state index < -0.39 is 0 Å². The summed E-state index contributed by atoms with van der Waals surface area (Å²) in [5.74, 6) is 1.04. The Morgan fingerprint density at radius 3 is 3.38 bits per heavy atom. The number of aryl methyl sites for hydroxylation is 1. The third kappa shape index (κ3) is 1.73. The van der Waals surface area contributed by atoms with Crippen LogP contribution in [0.4, 0.5) is 0 Å². The Hall–Kier alpha value is -0.870. The summed E-state index contributed by atoms with van der Waals surface area (Å²) in [5, 5.41) is 3.30. The molecule has 1 aliphatic rings. The first-order chi connectivity index (χ1) is 6.42. The van der Waals surface area contributed by atoms with Crippen molar-refractivity contribution < 1.29 is 4.74 Å². The molecule has 1 unspecified atom stereocenters. The summed E-state index contributed by atoms with van der Waals surface area (Å²) in [6.45, 7) is 5.66. The fourth-order valence-corrected chi connectivity index (χ4v) is 1.61. The van der Waals surface area contributed by atoms with E-state index >= 15 is 0 Å². The van der Waals surface area contributed by atoms with Gasteiger partial charge in [0.05, 0.1) is 6.61 Å². The van der Waals surface area contributed by atoms with E-state index in [1.54, 1.807) is 0 Å². The van der Waals surface area contributed by atoms with Gasteiger partial charge >= 0.3 is 0 Å². The second kappa shape index (κ2) is 3.89. The van der Waals surface area contributed by atoms with Gasteiger partial charge in [-0.25, -0.2) is 4.98 Å². The van der Waals surface area contributed by atoms with Crippen LogP contribution in [0.2, 0.25) is 0 Å². The van der Waals surface area contributed by atoms with E-state index in [0.29, 0.717) is 0 Å². The van der Waals surface area contributed by atoms with Gasteiger partial charge in [-0.2, -0.15) is 0 Å². The molecule has 4 heteroatoms. The highest BCUT2D eigenvalue weighted by atomic mass is 16.5. The number of imidazole rings is 1. The van der Waals surface area contributed by atoms with Crippen molar-refractivity contribution >= 4 is 0 Å². The molecule has 0 aromatic carbocycles. The van der Waals surface area contributed by atoms with Gasteiger partial charge in [0, 0.05) is 32.0 Å². The topological polar surface area (TPSA) is 39.1 Å². The monoisotopic (exact) mass is 181 g/mol. The lowest BCUT2D eigenvalue weighted by Gasteiger charge is -2.23. The summed E-state index contributed by atoms with van der Waals surface area (Å²) in [5.41, 5.74) is 0. The van der Waals surface area contributed by atoms with Crippen molar-refractivity contribution in [2.24, 2.45) is 0 Å². The normalized spacial score (nSPS) is 23.3. The van der Waals surface area contributed by atoms with Crippen molar-refractivity contribution in [3.8, 4) is 0 Å². The van der Waals surface area contributed by atoms with Gasteiger partial charge in [-0.1, -0.05) is 0 Å². The fourth-order valence-electron chi connectivity index (χ4n) is 1.61. The number of aromatic nitrogens is 2. The minimum absolute atomic E-state index is 0.128. The van der Waals surface area contributed by atoms with E-state index in [0.717, 1.165) is 32.1 Å². The molecular weight excluding hydrogens is 166 g/mol. The van der Waals surface area contributed by atoms with Crippen LogP contribution in [0, 0.1) is 0 Å². The van der Waals surface area contributed by atoms with Crippen molar-refractivity contribution in [2.45, 2.75) is 19.6 Å². The SMILES string of the molecule is CCn1ccnc1C1CNCCO1. The Morgan fingerprint density at radius 1 is 1.77 bits per heavy atom. The van der Waals surface area contributed by atoms with E-state index in [2.05, 4.69) is 21.8 Å². The molecule has 2 rings (SSSR count). The van der Waals surface area contributed by atoms with E-state index in [1.165, 1.54) is 0 Å². The van der Waals surface area contributed by atoms with Gasteiger partial charge < -0.3 is 14.6 Å². The van der Waals surface area contributed by atoms with E-state index in [-0.39, 0.29) is 6.10 Å². The molecule has 1 atom stereocenters. The lowest BCUT2D eigenvalue weighted by atomic mass is 10.3. The maximum Gasteiger partial charge on any atom is 0.139 e. The Kier molecular flexibility index (Phi) is 2.61. The molecule has 2 heterocycles. The summed E-state index contributed by atoms with van der Waals surface area (Å²) < 4.78 is 7.74. The van der Waals surface area contributed by atoms with Crippen molar-refractivity contribution in [3.05, 3.63) is 18.2 Å². The highest BCUT2D eigenvalue weighted by Crippen LogP contribution is 2.16. The quantitative estimate of drug-likeness (QED) is 0.724. The molecule has 0 spiro atoms. The van der Waals surface area contributed by atoms with Crippen molar-refractivity contribution in [2.75, 3.05) is 19.7 Å². The van der Waals surface area contributed by atoms with Crippen LogP contribution < -0.4 is 5.32 Å². The summed E-state index contributed by atoms with van der Waals surface area (Å²) in [4.78, 5) is 4.31. The Labute approximate surface area is 77.9 Å². The third-order valence-electron chi connectivity index (χ3n) is 2.30. The van der Waals surface area contributed by atoms with Crippen LogP contribution in [0.5, 0.6) is 0 Å². The van der Waals surface area contributed by atoms with Gasteiger partial charge in [-0.3, -0.25) is 0 Å². The zero-order valence-electron chi connectivity index (χ0n) is 7.86. The molecule has 0 bridgehead atoms. The number of nitrogens with zero attached hydrogens (tertiary/aromatic N) is 2. The molecule has 1 fully saturated rings. The minimum Gasteiger partial charge on any atom is -0.368 e. The molecule has 1 aliphatic heterocycles. The van der Waals surface area contributed by atoms with Gasteiger partial charge in [0.1, 0.15) is 11.9 Å². The van der Waals surface area contributed by atoms with Crippen LogP contribution in [0.3, 0.4) is 0 Å². The lowest BCUT2D eigenvalue weighted by Crippen LogP contribution is -2.34. The first kappa shape index (κ1) is 8.72. The molecule has 0 amide bonds. The average molecular weight is 181 g/mol. The number of rotatable bonds is 2. The molecule has 4 nitrogen and oxygen atoms in total. The lowest BCUT2D eigenvalue weighted by molar-refractivity contribution is 0.0201. The molecule has 1 aromatic heterocycles. The number of hydrogen-bond donors (Lipinski definition) is 1. The number of hydrogen-bond acceptors (Lipinski definition) is 3. The Bertz CT molecular complexity index is 266. The van der Waals surface area contributed by atoms with Gasteiger partial charge in [-0.15, -0.1) is 0 Å². The van der Waals surface area contributed by atoms with Gasteiger partial charge in [0.15, 0.2) is 0 Å². The summed E-state index contributed by atoms with van der Waals surface area (Å²) in [6.07, 6.45) is 3.95. The molecule has 0 saturated carbocycles. The van der Waals surface area contributed by atoms with Crippen LogP contribution in [0.1, 0.15) is 18.9 Å². The predicted octanol–water partition coefficient (Wildman–Crippen LogP) is 0.564. The first-order valence-corrected chi connectivity index (χ1v) is 4.75. The molecule has 1 aromatic rings. The first-order valence-electron chi connectivity index (χ1n) is 4.75. The molecule has 1 saturated heterocycles.